The summed E-state index contributed by atoms with van der Waals surface area (Å²) < 4.78 is 20.0. The van der Waals surface area contributed by atoms with E-state index < -0.39 is 5.60 Å². The molecule has 22 heavy (non-hydrogen) atoms. The first-order valence-electron chi connectivity index (χ1n) is 6.67. The van der Waals surface area contributed by atoms with E-state index in [1.165, 1.54) is 30.0 Å². The second-order valence-electron chi connectivity index (χ2n) is 5.40. The lowest BCUT2D eigenvalue weighted by molar-refractivity contribution is 0.0734. The molecule has 0 amide bonds. The monoisotopic (exact) mass is 302 g/mol. The lowest BCUT2D eigenvalue weighted by atomic mass is 10.1. The number of ether oxygens (including phenoxy) is 1. The minimum Gasteiger partial charge on any atom is -0.496 e. The summed E-state index contributed by atoms with van der Waals surface area (Å²) >= 11 is 0. The predicted octanol–water partition coefficient (Wildman–Crippen LogP) is 2.17. The molecule has 0 radical (unpaired) electrons. The van der Waals surface area contributed by atoms with Crippen LogP contribution in [0, 0.1) is 5.82 Å². The molecule has 0 fully saturated rings. The standard InChI is InChI=1S/C15H15FN4O2/c1-15(2,21)13-8-18-20-11(7-17-14(20)19-13)10-5-4-9(16)6-12(10)22-3/h4-8,21H,1-3H3. The number of benzene rings is 1. The topological polar surface area (TPSA) is 72.5 Å². The fourth-order valence-electron chi connectivity index (χ4n) is 2.13. The summed E-state index contributed by atoms with van der Waals surface area (Å²) in [6.45, 7) is 3.25. The van der Waals surface area contributed by atoms with Crippen LogP contribution in [0.3, 0.4) is 0 Å². The van der Waals surface area contributed by atoms with Crippen LogP contribution >= 0.6 is 0 Å². The Bertz CT molecular complexity index is 839. The van der Waals surface area contributed by atoms with Gasteiger partial charge in [0.15, 0.2) is 0 Å². The average Bonchev–Trinajstić information content (AvgIpc) is 2.89. The second kappa shape index (κ2) is 5.03. The lowest BCUT2D eigenvalue weighted by Gasteiger charge is -2.15. The van der Waals surface area contributed by atoms with Crippen molar-refractivity contribution in [3.8, 4) is 17.0 Å². The van der Waals surface area contributed by atoms with Crippen molar-refractivity contribution in [3.63, 3.8) is 0 Å². The third-order valence-electron chi connectivity index (χ3n) is 3.30. The molecule has 0 saturated heterocycles. The van der Waals surface area contributed by atoms with Crippen LogP contribution in [0.4, 0.5) is 4.39 Å². The van der Waals surface area contributed by atoms with Crippen LogP contribution in [-0.4, -0.2) is 31.8 Å². The molecule has 2 aromatic heterocycles. The van der Waals surface area contributed by atoms with Crippen molar-refractivity contribution in [1.29, 1.82) is 0 Å². The van der Waals surface area contributed by atoms with Gasteiger partial charge >= 0.3 is 0 Å². The molecule has 114 valence electrons. The van der Waals surface area contributed by atoms with Crippen LogP contribution < -0.4 is 4.74 Å². The molecular weight excluding hydrogens is 287 g/mol. The smallest absolute Gasteiger partial charge is 0.251 e. The van der Waals surface area contributed by atoms with Crippen molar-refractivity contribution < 1.29 is 14.2 Å². The fourth-order valence-corrected chi connectivity index (χ4v) is 2.13. The van der Waals surface area contributed by atoms with E-state index in [1.807, 2.05) is 0 Å². The number of halogens is 1. The van der Waals surface area contributed by atoms with Gasteiger partial charge in [0.2, 0.25) is 0 Å². The molecule has 6 nitrogen and oxygen atoms in total. The number of methoxy groups -OCH3 is 1. The molecule has 0 aliphatic heterocycles. The zero-order chi connectivity index (χ0) is 15.9. The van der Waals surface area contributed by atoms with Gasteiger partial charge in [0.05, 0.1) is 30.9 Å². The van der Waals surface area contributed by atoms with E-state index in [4.69, 9.17) is 4.74 Å². The Morgan fingerprint density at radius 3 is 2.73 bits per heavy atom. The van der Waals surface area contributed by atoms with Gasteiger partial charge in [-0.25, -0.2) is 14.4 Å². The van der Waals surface area contributed by atoms with Crippen molar-refractivity contribution in [2.24, 2.45) is 0 Å². The molecular formula is C15H15FN4O2. The summed E-state index contributed by atoms with van der Waals surface area (Å²) in [5.74, 6) is 0.348. The first-order valence-corrected chi connectivity index (χ1v) is 6.67. The molecule has 1 aromatic carbocycles. The second-order valence-corrected chi connectivity index (χ2v) is 5.40. The van der Waals surface area contributed by atoms with Gasteiger partial charge in [0.25, 0.3) is 5.78 Å². The number of hydrogen-bond donors (Lipinski definition) is 1. The van der Waals surface area contributed by atoms with Crippen LogP contribution in [0.25, 0.3) is 17.0 Å². The van der Waals surface area contributed by atoms with E-state index in [0.717, 1.165) is 0 Å². The molecule has 0 aliphatic rings. The Morgan fingerprint density at radius 1 is 1.27 bits per heavy atom. The summed E-state index contributed by atoms with van der Waals surface area (Å²) in [6.07, 6.45) is 3.06. The Balaban J connectivity index is 2.17. The maximum Gasteiger partial charge on any atom is 0.251 e. The van der Waals surface area contributed by atoms with Crippen LogP contribution in [0.5, 0.6) is 5.75 Å². The molecule has 0 saturated carbocycles. The Kier molecular flexibility index (Phi) is 3.29. The number of rotatable bonds is 3. The highest BCUT2D eigenvalue weighted by Gasteiger charge is 2.20. The summed E-state index contributed by atoms with van der Waals surface area (Å²) in [6, 6.07) is 4.24. The van der Waals surface area contributed by atoms with Gasteiger partial charge in [-0.05, 0) is 26.0 Å². The molecule has 3 aromatic rings. The molecule has 2 heterocycles. The van der Waals surface area contributed by atoms with Gasteiger partial charge in [0.1, 0.15) is 17.2 Å². The average molecular weight is 302 g/mol. The highest BCUT2D eigenvalue weighted by Crippen LogP contribution is 2.30. The Morgan fingerprint density at radius 2 is 2.05 bits per heavy atom. The number of aromatic nitrogens is 4. The van der Waals surface area contributed by atoms with Gasteiger partial charge in [-0.15, -0.1) is 0 Å². The molecule has 0 spiro atoms. The number of fused-ring (bicyclic) bond motifs is 1. The van der Waals surface area contributed by atoms with E-state index in [0.29, 0.717) is 28.5 Å². The zero-order valence-corrected chi connectivity index (χ0v) is 12.4. The number of imidazole rings is 1. The van der Waals surface area contributed by atoms with E-state index in [1.54, 1.807) is 26.1 Å². The molecule has 3 rings (SSSR count). The van der Waals surface area contributed by atoms with E-state index in [2.05, 4.69) is 15.1 Å². The van der Waals surface area contributed by atoms with Gasteiger partial charge in [0, 0.05) is 11.6 Å². The van der Waals surface area contributed by atoms with Crippen molar-refractivity contribution in [3.05, 3.63) is 42.1 Å². The van der Waals surface area contributed by atoms with Crippen LogP contribution in [0.2, 0.25) is 0 Å². The van der Waals surface area contributed by atoms with Gasteiger partial charge in [-0.1, -0.05) is 0 Å². The summed E-state index contributed by atoms with van der Waals surface area (Å²) in [7, 11) is 1.47. The van der Waals surface area contributed by atoms with E-state index >= 15 is 0 Å². The summed E-state index contributed by atoms with van der Waals surface area (Å²) in [5, 5.41) is 14.2. The van der Waals surface area contributed by atoms with E-state index in [9.17, 15) is 9.50 Å². The molecule has 0 bridgehead atoms. The predicted molar refractivity (Wildman–Crippen MR) is 78.0 cm³/mol. The Labute approximate surface area is 126 Å². The summed E-state index contributed by atoms with van der Waals surface area (Å²) in [4.78, 5) is 8.49. The zero-order valence-electron chi connectivity index (χ0n) is 12.4. The van der Waals surface area contributed by atoms with Gasteiger partial charge in [-0.3, -0.25) is 0 Å². The van der Waals surface area contributed by atoms with Crippen LogP contribution in [0.15, 0.2) is 30.6 Å². The normalized spacial score (nSPS) is 11.9. The highest BCUT2D eigenvalue weighted by atomic mass is 19.1. The first-order chi connectivity index (χ1) is 10.4. The number of aliphatic hydroxyl groups is 1. The molecule has 7 heteroatoms. The molecule has 0 unspecified atom stereocenters. The fraction of sp³-hybridized carbons (Fsp3) is 0.267. The van der Waals surface area contributed by atoms with Crippen molar-refractivity contribution in [2.75, 3.05) is 7.11 Å². The lowest BCUT2D eigenvalue weighted by Crippen LogP contribution is -2.19. The quantitative estimate of drug-likeness (QED) is 0.802. The minimum atomic E-state index is -1.10. The van der Waals surface area contributed by atoms with Crippen LogP contribution in [-0.2, 0) is 5.60 Å². The third kappa shape index (κ3) is 2.39. The summed E-state index contributed by atoms with van der Waals surface area (Å²) in [5.41, 5.74) is 0.598. The van der Waals surface area contributed by atoms with Crippen LogP contribution in [0.1, 0.15) is 19.5 Å². The maximum atomic E-state index is 13.3. The van der Waals surface area contributed by atoms with Crippen molar-refractivity contribution in [2.45, 2.75) is 19.4 Å². The van der Waals surface area contributed by atoms with Gasteiger partial charge in [-0.2, -0.15) is 9.61 Å². The molecule has 0 aliphatic carbocycles. The SMILES string of the molecule is COc1cc(F)ccc1-c1cnc2nc(C(C)(C)O)cnn12. The van der Waals surface area contributed by atoms with Crippen molar-refractivity contribution >= 4 is 5.78 Å². The number of nitrogens with zero attached hydrogens (tertiary/aromatic N) is 4. The number of hydrogen-bond acceptors (Lipinski definition) is 5. The highest BCUT2D eigenvalue weighted by molar-refractivity contribution is 5.68. The molecule has 1 N–H and O–H groups in total. The largest absolute Gasteiger partial charge is 0.496 e. The third-order valence-corrected chi connectivity index (χ3v) is 3.30. The first kappa shape index (κ1) is 14.4. The minimum absolute atomic E-state index is 0.348. The van der Waals surface area contributed by atoms with E-state index in [-0.39, 0.29) is 5.82 Å². The van der Waals surface area contributed by atoms with Crippen molar-refractivity contribution in [1.82, 2.24) is 19.6 Å². The van der Waals surface area contributed by atoms with Gasteiger partial charge < -0.3 is 9.84 Å². The Hall–Kier alpha value is -2.54. The maximum absolute atomic E-state index is 13.3. The molecule has 0 atom stereocenters.